The second-order valence-electron chi connectivity index (χ2n) is 17.2. The van der Waals surface area contributed by atoms with E-state index in [4.69, 9.17) is 4.52 Å². The summed E-state index contributed by atoms with van der Waals surface area (Å²) >= 11 is 0. The van der Waals surface area contributed by atoms with Crippen molar-refractivity contribution >= 4 is 56.4 Å². The first-order chi connectivity index (χ1) is 29.3. The maximum atomic E-state index is 13.4. The molecule has 0 spiro atoms. The molecule has 12 nitrogen and oxygen atoms in total. The van der Waals surface area contributed by atoms with Crippen LogP contribution in [0.4, 0.5) is 31.5 Å². The minimum absolute atomic E-state index is 0.0856. The first-order valence-electron chi connectivity index (χ1n) is 21.3. The van der Waals surface area contributed by atoms with Crippen LogP contribution in [0, 0.1) is 11.6 Å². The van der Waals surface area contributed by atoms with Crippen LogP contribution in [0.2, 0.25) is 0 Å². The molecule has 12 rings (SSSR count). The summed E-state index contributed by atoms with van der Waals surface area (Å²) in [6.07, 6.45) is 5.87. The Morgan fingerprint density at radius 1 is 0.700 bits per heavy atom. The molecule has 0 unspecified atom stereocenters. The Morgan fingerprint density at radius 3 is 1.92 bits per heavy atom. The van der Waals surface area contributed by atoms with Crippen molar-refractivity contribution < 1.29 is 22.9 Å². The highest BCUT2D eigenvalue weighted by Gasteiger charge is 2.46. The number of amides is 2. The van der Waals surface area contributed by atoms with Gasteiger partial charge in [-0.15, -0.1) is 0 Å². The Labute approximate surface area is 345 Å². The number of hydrogen-bond acceptors (Lipinski definition) is 9. The summed E-state index contributed by atoms with van der Waals surface area (Å²) in [6.45, 7) is 7.08. The number of likely N-dealkylation sites (tertiary alicyclic amines) is 2. The van der Waals surface area contributed by atoms with Crippen molar-refractivity contribution in [2.24, 2.45) is 0 Å². The summed E-state index contributed by atoms with van der Waals surface area (Å²) < 4.78 is 32.0. The number of anilines is 4. The number of para-hydroxylation sites is 2. The third kappa shape index (κ3) is 6.56. The van der Waals surface area contributed by atoms with Gasteiger partial charge < -0.3 is 34.8 Å². The van der Waals surface area contributed by atoms with Gasteiger partial charge in [-0.05, 0) is 99.1 Å². The van der Waals surface area contributed by atoms with Gasteiger partial charge in [0.15, 0.2) is 5.58 Å². The second-order valence-corrected chi connectivity index (χ2v) is 17.2. The molecule has 2 fully saturated rings. The molecule has 0 saturated carbocycles. The van der Waals surface area contributed by atoms with Crippen LogP contribution in [-0.2, 0) is 22.4 Å². The Hall–Kier alpha value is -5.86. The minimum Gasteiger partial charge on any atom is -0.357 e. The van der Waals surface area contributed by atoms with Gasteiger partial charge in [0.1, 0.15) is 11.6 Å². The van der Waals surface area contributed by atoms with Gasteiger partial charge in [0.05, 0.1) is 47.0 Å². The monoisotopic (exact) mass is 811 g/mol. The van der Waals surface area contributed by atoms with Crippen molar-refractivity contribution in [1.29, 1.82) is 0 Å². The fraction of sp³-hybridized carbons (Fsp3) is 0.391. The van der Waals surface area contributed by atoms with Crippen LogP contribution in [0.1, 0.15) is 60.0 Å². The first kappa shape index (κ1) is 37.2. The zero-order chi connectivity index (χ0) is 40.5. The number of hydrogen-bond donors (Lipinski definition) is 3. The second kappa shape index (κ2) is 15.0. The number of halogens is 2. The van der Waals surface area contributed by atoms with E-state index >= 15 is 0 Å². The molecule has 3 N–H and O–H groups in total. The van der Waals surface area contributed by atoms with Crippen molar-refractivity contribution in [1.82, 2.24) is 25.2 Å². The average molecular weight is 812 g/mol. The highest BCUT2D eigenvalue weighted by atomic mass is 19.1. The minimum atomic E-state index is -0.303. The number of aromatic nitrogens is 3. The number of rotatable bonds is 8. The number of aromatic amines is 1. The Balaban J connectivity index is 0.000000136. The zero-order valence-electron chi connectivity index (χ0n) is 33.3. The predicted octanol–water partition coefficient (Wildman–Crippen LogP) is 6.79. The van der Waals surface area contributed by atoms with Gasteiger partial charge >= 0.3 is 0 Å². The lowest BCUT2D eigenvalue weighted by molar-refractivity contribution is -0.116. The molecule has 6 aliphatic heterocycles. The van der Waals surface area contributed by atoms with Crippen LogP contribution < -0.4 is 20.4 Å². The smallest absolute Gasteiger partial charge is 0.243 e. The summed E-state index contributed by atoms with van der Waals surface area (Å²) in [6, 6.07) is 22.8. The topological polar surface area (TPSA) is 126 Å². The van der Waals surface area contributed by atoms with Gasteiger partial charge in [-0.3, -0.25) is 14.7 Å². The van der Waals surface area contributed by atoms with E-state index < -0.39 is 0 Å². The largest absolute Gasteiger partial charge is 0.357 e. The number of aryl methyl sites for hydroxylation is 2. The molecule has 14 heteroatoms. The molecule has 2 aromatic heterocycles. The lowest BCUT2D eigenvalue weighted by atomic mass is 9.89. The molecule has 60 heavy (non-hydrogen) atoms. The summed E-state index contributed by atoms with van der Waals surface area (Å²) in [5.74, 6) is 0.521. The van der Waals surface area contributed by atoms with E-state index in [1.165, 1.54) is 46.8 Å². The van der Waals surface area contributed by atoms with Crippen LogP contribution in [0.25, 0.3) is 21.9 Å². The van der Waals surface area contributed by atoms with Crippen molar-refractivity contribution in [3.63, 3.8) is 0 Å². The Kier molecular flexibility index (Phi) is 9.29. The van der Waals surface area contributed by atoms with E-state index in [9.17, 15) is 18.4 Å². The normalized spacial score (nSPS) is 22.8. The molecule has 0 bridgehead atoms. The number of nitrogens with zero attached hydrogens (tertiary/aromatic N) is 6. The van der Waals surface area contributed by atoms with E-state index in [0.717, 1.165) is 111 Å². The maximum Gasteiger partial charge on any atom is 0.243 e. The van der Waals surface area contributed by atoms with Crippen LogP contribution in [0.15, 0.2) is 77.3 Å². The fourth-order valence-corrected chi connectivity index (χ4v) is 11.1. The number of carbonyl (C=O) groups excluding carboxylic acids is 2. The molecule has 6 aromatic rings. The molecule has 4 aromatic carbocycles. The highest BCUT2D eigenvalue weighted by Crippen LogP contribution is 2.51. The lowest BCUT2D eigenvalue weighted by Gasteiger charge is -2.39. The SMILES string of the molecule is O=C1CN2c3c(cccc3[C@@H]3CN(CCCc4[nH]nc5cc(F)ccc45)CC[C@@H]32)N1.O=C1CN2c3c(cccc3[C@@H]3CN(CCCc4noc5cc(F)ccc45)CC[C@@H]32)N1. The van der Waals surface area contributed by atoms with Gasteiger partial charge in [-0.25, -0.2) is 8.78 Å². The average Bonchev–Trinajstić information content (AvgIpc) is 4.00. The molecule has 308 valence electrons. The van der Waals surface area contributed by atoms with Crippen molar-refractivity contribution in [2.45, 2.75) is 62.4 Å². The van der Waals surface area contributed by atoms with Crippen LogP contribution in [0.5, 0.6) is 0 Å². The van der Waals surface area contributed by atoms with Crippen LogP contribution in [0.3, 0.4) is 0 Å². The standard InChI is InChI=1S/C23H24FN5O.C23H23FN4O2/c24-14-6-7-16-18(26-27-20(16)11-14)5-2-9-28-10-8-21-17(12-28)15-3-1-4-19-23(15)29(21)13-22(30)25-19;24-14-6-7-16-18(26-30-21(16)11-14)5-2-9-27-10-8-20-17(12-27)15-3-1-4-19-23(15)28(20)13-22(29)25-19/h1,3-4,6-7,11,17,21H,2,5,8-10,12-13H2,(H,25,30)(H,26,27);1,3-4,6-7,11,17,20H,2,5,8-10,12-13H2,(H,25,29)/t17-,21-;17-,20-/m00/s1. The molecule has 4 atom stereocenters. The van der Waals surface area contributed by atoms with E-state index in [0.29, 0.717) is 48.1 Å². The Bertz CT molecular complexity index is 2470. The molecular formula is C46H47F2N9O3. The number of benzene rings is 4. The van der Waals surface area contributed by atoms with E-state index in [1.807, 2.05) is 18.2 Å². The fourth-order valence-electron chi connectivity index (χ4n) is 11.1. The highest BCUT2D eigenvalue weighted by molar-refractivity contribution is 6.04. The quantitative estimate of drug-likeness (QED) is 0.152. The number of fused-ring (bicyclic) bond motifs is 8. The van der Waals surface area contributed by atoms with Gasteiger partial charge in [-0.2, -0.15) is 5.10 Å². The van der Waals surface area contributed by atoms with E-state index in [1.54, 1.807) is 6.07 Å². The number of nitrogens with one attached hydrogen (secondary N) is 3. The number of carbonyl (C=O) groups is 2. The van der Waals surface area contributed by atoms with Gasteiger partial charge in [0.2, 0.25) is 11.8 Å². The Morgan fingerprint density at radius 2 is 1.28 bits per heavy atom. The number of piperidine rings is 2. The third-order valence-corrected chi connectivity index (χ3v) is 13.7. The molecule has 2 amide bonds. The maximum absolute atomic E-state index is 13.4. The summed E-state index contributed by atoms with van der Waals surface area (Å²) in [4.78, 5) is 34.0. The molecule has 2 saturated heterocycles. The van der Waals surface area contributed by atoms with Crippen molar-refractivity contribution in [3.05, 3.63) is 107 Å². The van der Waals surface area contributed by atoms with Gasteiger partial charge in [-0.1, -0.05) is 29.4 Å². The first-order valence-corrected chi connectivity index (χ1v) is 21.3. The summed E-state index contributed by atoms with van der Waals surface area (Å²) in [7, 11) is 0. The van der Waals surface area contributed by atoms with Gasteiger partial charge in [0.25, 0.3) is 0 Å². The van der Waals surface area contributed by atoms with E-state index in [-0.39, 0.29) is 23.4 Å². The zero-order valence-corrected chi connectivity index (χ0v) is 33.3. The molecule has 8 heterocycles. The van der Waals surface area contributed by atoms with Gasteiger partial charge in [0, 0.05) is 78.7 Å². The summed E-state index contributed by atoms with van der Waals surface area (Å²) in [5, 5.41) is 19.4. The predicted molar refractivity (Wildman–Crippen MR) is 227 cm³/mol. The lowest BCUT2D eigenvalue weighted by Crippen LogP contribution is -2.49. The number of H-pyrrole nitrogens is 1. The van der Waals surface area contributed by atoms with Crippen LogP contribution in [-0.4, -0.2) is 101 Å². The van der Waals surface area contributed by atoms with Crippen molar-refractivity contribution in [3.8, 4) is 0 Å². The van der Waals surface area contributed by atoms with E-state index in [2.05, 4.69) is 69.9 Å². The van der Waals surface area contributed by atoms with Crippen LogP contribution >= 0.6 is 0 Å². The summed E-state index contributed by atoms with van der Waals surface area (Å²) in [5.41, 5.74) is 10.3. The molecule has 0 radical (unpaired) electrons. The molecule has 0 aliphatic carbocycles. The third-order valence-electron chi connectivity index (χ3n) is 13.7. The molecule has 6 aliphatic rings. The van der Waals surface area contributed by atoms with Crippen molar-refractivity contribution in [2.75, 3.05) is 72.8 Å². The molecular weight excluding hydrogens is 765 g/mol.